The summed E-state index contributed by atoms with van der Waals surface area (Å²) in [6.45, 7) is 14.4. The van der Waals surface area contributed by atoms with Gasteiger partial charge in [-0.2, -0.15) is 0 Å². The second kappa shape index (κ2) is 10.9. The van der Waals surface area contributed by atoms with Crippen molar-refractivity contribution >= 4 is 48.1 Å². The number of fused-ring (bicyclic) bond motifs is 2. The van der Waals surface area contributed by atoms with Gasteiger partial charge in [0, 0.05) is 0 Å². The minimum absolute atomic E-state index is 1.20. The standard InChI is InChI=1S/2C13H16Si.Cr.2H2O.2O/c2*1-14(2,3)13-10-6-8-11-7-4-5-9-12(11)13;;;;;/h2*4-10H,1-3H3;;2*1H2;;/q;;+2;;;;/p-2. The summed E-state index contributed by atoms with van der Waals surface area (Å²) in [4.78, 5) is 0. The number of hydrogen-bond donors (Lipinski definition) is 2. The molecule has 4 aromatic carbocycles. The molecule has 2 N–H and O–H groups in total. The quantitative estimate of drug-likeness (QED) is 0.348. The van der Waals surface area contributed by atoms with Crippen LogP contribution in [0.1, 0.15) is 0 Å². The molecule has 0 bridgehead atoms. The zero-order chi connectivity index (χ0) is 24.9. The summed E-state index contributed by atoms with van der Waals surface area (Å²) in [5, 5.41) is 8.74. The van der Waals surface area contributed by atoms with E-state index < -0.39 is 29.8 Å². The van der Waals surface area contributed by atoms with Crippen LogP contribution < -0.4 is 10.4 Å². The van der Waals surface area contributed by atoms with Crippen LogP contribution in [0.3, 0.4) is 0 Å². The predicted molar refractivity (Wildman–Crippen MR) is 140 cm³/mol. The zero-order valence-corrected chi connectivity index (χ0v) is 23.5. The van der Waals surface area contributed by atoms with Gasteiger partial charge in [-0.1, -0.05) is 135 Å². The zero-order valence-electron chi connectivity index (χ0n) is 20.2. The van der Waals surface area contributed by atoms with Crippen LogP contribution in [0.25, 0.3) is 21.5 Å². The summed E-state index contributed by atoms with van der Waals surface area (Å²) >= 11 is -5.25. The van der Waals surface area contributed by atoms with Crippen molar-refractivity contribution in [2.45, 2.75) is 39.3 Å². The van der Waals surface area contributed by atoms with Gasteiger partial charge in [0.15, 0.2) is 0 Å². The van der Waals surface area contributed by atoms with E-state index in [2.05, 4.69) is 124 Å². The van der Waals surface area contributed by atoms with Crippen molar-refractivity contribution in [2.24, 2.45) is 0 Å². The maximum absolute atomic E-state index is 8.82. The maximum atomic E-state index is 8.82. The van der Waals surface area contributed by atoms with Gasteiger partial charge in [-0.25, -0.2) is 0 Å². The first kappa shape index (κ1) is 27.1. The Hall–Kier alpha value is -2.11. The molecule has 0 saturated heterocycles. The summed E-state index contributed by atoms with van der Waals surface area (Å²) < 4.78 is 31.9. The van der Waals surface area contributed by atoms with Crippen molar-refractivity contribution in [1.82, 2.24) is 0 Å². The van der Waals surface area contributed by atoms with E-state index in [-0.39, 0.29) is 0 Å². The van der Waals surface area contributed by atoms with E-state index in [0.717, 1.165) is 0 Å². The average molecular weight is 519 g/mol. The first-order chi connectivity index (χ1) is 15.2. The molecule has 0 unspecified atom stereocenters. The Kier molecular flexibility index (Phi) is 8.94. The summed E-state index contributed by atoms with van der Waals surface area (Å²) in [5.74, 6) is 0. The van der Waals surface area contributed by atoms with Crippen molar-refractivity contribution in [3.05, 3.63) is 84.9 Å². The predicted octanol–water partition coefficient (Wildman–Crippen LogP) is 5.42. The molecule has 4 aromatic rings. The molecule has 0 saturated carbocycles. The van der Waals surface area contributed by atoms with E-state index in [1.165, 1.54) is 21.5 Å². The van der Waals surface area contributed by atoms with Gasteiger partial charge in [0.1, 0.15) is 0 Å². The monoisotopic (exact) mass is 518 g/mol. The molecule has 176 valence electrons. The van der Waals surface area contributed by atoms with Crippen LogP contribution in [0.5, 0.6) is 0 Å². The summed E-state index contributed by atoms with van der Waals surface area (Å²) in [7, 11) is -2.40. The van der Waals surface area contributed by atoms with Gasteiger partial charge >= 0.3 is 29.5 Å². The van der Waals surface area contributed by atoms with Crippen LogP contribution >= 0.6 is 0 Å². The Labute approximate surface area is 201 Å². The Morgan fingerprint density at radius 3 is 1.09 bits per heavy atom. The van der Waals surface area contributed by atoms with E-state index in [9.17, 15) is 0 Å². The van der Waals surface area contributed by atoms with Crippen molar-refractivity contribution in [1.29, 1.82) is 0 Å². The summed E-state index contributed by atoms with van der Waals surface area (Å²) in [6, 6.07) is 30.7. The second-order valence-corrected chi connectivity index (χ2v) is 21.5. The van der Waals surface area contributed by atoms with E-state index in [0.29, 0.717) is 0 Å². The van der Waals surface area contributed by atoms with E-state index in [1.54, 1.807) is 10.4 Å². The van der Waals surface area contributed by atoms with Crippen LogP contribution in [0.4, 0.5) is 0 Å². The van der Waals surface area contributed by atoms with Gasteiger partial charge in [0.25, 0.3) is 0 Å². The van der Waals surface area contributed by atoms with Crippen molar-refractivity contribution < 1.29 is 29.5 Å². The van der Waals surface area contributed by atoms with Crippen LogP contribution in [0.2, 0.25) is 39.3 Å². The van der Waals surface area contributed by atoms with Gasteiger partial charge in [-0.15, -0.1) is 0 Å². The van der Waals surface area contributed by atoms with Crippen molar-refractivity contribution in [3.8, 4) is 0 Å². The third-order valence-electron chi connectivity index (χ3n) is 5.20. The summed E-state index contributed by atoms with van der Waals surface area (Å²) in [6.07, 6.45) is 0. The molecule has 0 amide bonds. The van der Waals surface area contributed by atoms with Gasteiger partial charge < -0.3 is 0 Å². The molecule has 4 rings (SSSR count). The topological polar surface area (TPSA) is 74.6 Å². The first-order valence-electron chi connectivity index (χ1n) is 10.8. The van der Waals surface area contributed by atoms with E-state index in [4.69, 9.17) is 15.9 Å². The van der Waals surface area contributed by atoms with Crippen LogP contribution in [0, 0.1) is 0 Å². The van der Waals surface area contributed by atoms with Gasteiger partial charge in [0.05, 0.1) is 16.1 Å². The second-order valence-electron chi connectivity index (χ2n) is 10.0. The number of rotatable bonds is 2. The van der Waals surface area contributed by atoms with Gasteiger partial charge in [0.2, 0.25) is 0 Å². The fourth-order valence-electron chi connectivity index (χ4n) is 3.76. The molecule has 33 heavy (non-hydrogen) atoms. The fourth-order valence-corrected chi connectivity index (χ4v) is 7.02. The SMILES string of the molecule is C[Si](C)(C)c1cccc2ccccc12.C[Si](C)(C)c1cccc2ccccc12.[O]=[Cr](=[O])([OH])[OH]. The Morgan fingerprint density at radius 1 is 0.515 bits per heavy atom. The first-order valence-corrected chi connectivity index (χ1v) is 20.0. The van der Waals surface area contributed by atoms with Gasteiger partial charge in [-0.3, -0.25) is 0 Å². The number of benzene rings is 4. The molecule has 0 aliphatic carbocycles. The average Bonchev–Trinajstić information content (AvgIpc) is 2.71. The van der Waals surface area contributed by atoms with Crippen molar-refractivity contribution in [2.75, 3.05) is 0 Å². The molecule has 0 aromatic heterocycles. The minimum atomic E-state index is -5.25. The Morgan fingerprint density at radius 2 is 0.788 bits per heavy atom. The molecule has 4 nitrogen and oxygen atoms in total. The van der Waals surface area contributed by atoms with Gasteiger partial charge in [-0.05, 0) is 21.5 Å². The molecule has 0 atom stereocenters. The molecule has 0 heterocycles. The Bertz CT molecular complexity index is 1210. The molecule has 0 spiro atoms. The third kappa shape index (κ3) is 8.63. The number of hydrogen-bond acceptors (Lipinski definition) is 2. The van der Waals surface area contributed by atoms with E-state index in [1.807, 2.05) is 0 Å². The molecule has 0 aliphatic heterocycles. The van der Waals surface area contributed by atoms with E-state index >= 15 is 0 Å². The third-order valence-corrected chi connectivity index (χ3v) is 9.30. The molecule has 7 heteroatoms. The fraction of sp³-hybridized carbons (Fsp3) is 0.231. The molecular formula is C26H34CrO4Si2. The Balaban J connectivity index is 0.000000195. The van der Waals surface area contributed by atoms with Crippen LogP contribution in [0.15, 0.2) is 84.9 Å². The normalized spacial score (nSPS) is 11.9. The van der Waals surface area contributed by atoms with Crippen LogP contribution in [-0.2, 0) is 21.2 Å². The van der Waals surface area contributed by atoms with Crippen molar-refractivity contribution in [3.63, 3.8) is 0 Å². The summed E-state index contributed by atoms with van der Waals surface area (Å²) in [5.41, 5.74) is 0. The molecule has 0 radical (unpaired) electrons. The molecular weight excluding hydrogens is 484 g/mol. The van der Waals surface area contributed by atoms with Crippen LogP contribution in [-0.4, -0.2) is 24.5 Å². The molecule has 0 aliphatic rings. The molecule has 0 fully saturated rings.